The summed E-state index contributed by atoms with van der Waals surface area (Å²) in [5, 5.41) is 11.5. The number of hydroxylamine groups is 1. The highest BCUT2D eigenvalue weighted by Gasteiger charge is 2.15. The summed E-state index contributed by atoms with van der Waals surface area (Å²) in [5.41, 5.74) is 4.10. The summed E-state index contributed by atoms with van der Waals surface area (Å²) in [7, 11) is 0. The van der Waals surface area contributed by atoms with Crippen molar-refractivity contribution < 1.29 is 19.5 Å². The number of nitrogens with one attached hydrogen (secondary N) is 2. The van der Waals surface area contributed by atoms with Gasteiger partial charge in [0.05, 0.1) is 12.6 Å². The van der Waals surface area contributed by atoms with Gasteiger partial charge in [-0.3, -0.25) is 14.8 Å². The van der Waals surface area contributed by atoms with Crippen molar-refractivity contribution in [2.24, 2.45) is 0 Å². The number of ether oxygens (including phenoxy) is 1. The number of carbonyl (C=O) groups is 2. The Bertz CT molecular complexity index is 785. The number of carbonyl (C=O) groups excluding carboxylic acids is 2. The molecular weight excluding hydrogens is 332 g/mol. The number of hydrogen-bond acceptors (Lipinski definition) is 4. The summed E-state index contributed by atoms with van der Waals surface area (Å²) in [6.45, 7) is 3.98. The van der Waals surface area contributed by atoms with Gasteiger partial charge in [0.1, 0.15) is 5.75 Å². The Kier molecular flexibility index (Phi) is 6.93. The van der Waals surface area contributed by atoms with Gasteiger partial charge in [-0.15, -0.1) is 0 Å². The first-order valence-corrected chi connectivity index (χ1v) is 8.25. The van der Waals surface area contributed by atoms with Crippen LogP contribution in [0.4, 0.5) is 0 Å². The van der Waals surface area contributed by atoms with E-state index in [0.29, 0.717) is 6.61 Å². The molecule has 6 heteroatoms. The zero-order chi connectivity index (χ0) is 18.9. The lowest BCUT2D eigenvalue weighted by Crippen LogP contribution is -2.26. The van der Waals surface area contributed by atoms with Crippen LogP contribution in [0, 0.1) is 0 Å². The van der Waals surface area contributed by atoms with E-state index in [2.05, 4.69) is 5.32 Å². The van der Waals surface area contributed by atoms with Gasteiger partial charge in [0.2, 0.25) is 5.91 Å². The average molecular weight is 354 g/mol. The largest absolute Gasteiger partial charge is 0.494 e. The summed E-state index contributed by atoms with van der Waals surface area (Å²) < 4.78 is 5.46. The lowest BCUT2D eigenvalue weighted by atomic mass is 9.96. The molecule has 0 saturated carbocycles. The molecule has 0 aliphatic carbocycles. The molecule has 0 aliphatic heterocycles. The second kappa shape index (κ2) is 9.39. The van der Waals surface area contributed by atoms with Crippen LogP contribution in [0.5, 0.6) is 5.75 Å². The first-order chi connectivity index (χ1) is 12.5. The van der Waals surface area contributed by atoms with E-state index in [1.54, 1.807) is 11.6 Å². The monoisotopic (exact) mass is 354 g/mol. The highest BCUT2D eigenvalue weighted by atomic mass is 16.5. The van der Waals surface area contributed by atoms with Crippen LogP contribution in [0.25, 0.3) is 6.08 Å². The molecule has 0 saturated heterocycles. The number of benzene rings is 2. The zero-order valence-corrected chi connectivity index (χ0v) is 14.7. The van der Waals surface area contributed by atoms with Crippen molar-refractivity contribution in [2.45, 2.75) is 19.9 Å². The van der Waals surface area contributed by atoms with Crippen molar-refractivity contribution in [3.05, 3.63) is 71.3 Å². The Morgan fingerprint density at radius 1 is 1.15 bits per heavy atom. The van der Waals surface area contributed by atoms with E-state index < -0.39 is 5.91 Å². The van der Waals surface area contributed by atoms with Crippen LogP contribution in [-0.2, 0) is 9.59 Å². The van der Waals surface area contributed by atoms with Gasteiger partial charge in [-0.2, -0.15) is 0 Å². The van der Waals surface area contributed by atoms with Gasteiger partial charge in [-0.1, -0.05) is 30.3 Å². The molecule has 0 fully saturated rings. The first-order valence-electron chi connectivity index (χ1n) is 8.25. The fourth-order valence-corrected chi connectivity index (χ4v) is 2.54. The third-order valence-electron chi connectivity index (χ3n) is 3.65. The van der Waals surface area contributed by atoms with Crippen molar-refractivity contribution in [3.63, 3.8) is 0 Å². The Morgan fingerprint density at radius 3 is 2.50 bits per heavy atom. The van der Waals surface area contributed by atoms with E-state index in [1.165, 1.54) is 13.0 Å². The van der Waals surface area contributed by atoms with Gasteiger partial charge in [-0.05, 0) is 47.9 Å². The van der Waals surface area contributed by atoms with E-state index in [4.69, 9.17) is 9.94 Å². The average Bonchev–Trinajstić information content (AvgIpc) is 2.65. The summed E-state index contributed by atoms with van der Waals surface area (Å²) in [6.07, 6.45) is 2.81. The molecule has 1 unspecified atom stereocenters. The normalized spacial score (nSPS) is 11.8. The highest BCUT2D eigenvalue weighted by molar-refractivity contribution is 5.90. The molecule has 136 valence electrons. The van der Waals surface area contributed by atoms with Crippen LogP contribution in [0.2, 0.25) is 0 Å². The Hall–Kier alpha value is -3.12. The smallest absolute Gasteiger partial charge is 0.267 e. The molecule has 3 N–H and O–H groups in total. The van der Waals surface area contributed by atoms with Crippen LogP contribution >= 0.6 is 0 Å². The van der Waals surface area contributed by atoms with Gasteiger partial charge < -0.3 is 10.1 Å². The maximum absolute atomic E-state index is 11.7. The first kappa shape index (κ1) is 19.2. The molecule has 0 aliphatic rings. The van der Waals surface area contributed by atoms with E-state index in [9.17, 15) is 9.59 Å². The molecule has 2 aromatic carbocycles. The Labute approximate surface area is 152 Å². The molecule has 0 spiro atoms. The summed E-state index contributed by atoms with van der Waals surface area (Å²) >= 11 is 0. The molecule has 0 radical (unpaired) electrons. The van der Waals surface area contributed by atoms with Gasteiger partial charge in [0, 0.05) is 13.0 Å². The fraction of sp³-hybridized carbons (Fsp3) is 0.200. The van der Waals surface area contributed by atoms with E-state index in [0.717, 1.165) is 22.4 Å². The minimum atomic E-state index is -0.611. The molecule has 1 atom stereocenters. The summed E-state index contributed by atoms with van der Waals surface area (Å²) in [5.74, 6) is 0.00865. The predicted octanol–water partition coefficient (Wildman–Crippen LogP) is 2.83. The number of hydrogen-bond donors (Lipinski definition) is 3. The van der Waals surface area contributed by atoms with Gasteiger partial charge in [0.25, 0.3) is 5.91 Å². The molecule has 2 rings (SSSR count). The van der Waals surface area contributed by atoms with Crippen LogP contribution in [0.1, 0.15) is 36.6 Å². The van der Waals surface area contributed by atoms with Crippen molar-refractivity contribution in [2.75, 3.05) is 6.61 Å². The SMILES string of the molecule is CCOc1ccc(C(NC(C)=O)c2cccc(/C=C/C(=O)NO)c2)cc1. The molecule has 0 heterocycles. The van der Waals surface area contributed by atoms with Gasteiger partial charge >= 0.3 is 0 Å². The second-order valence-electron chi connectivity index (χ2n) is 5.62. The maximum atomic E-state index is 11.7. The molecule has 26 heavy (non-hydrogen) atoms. The minimum absolute atomic E-state index is 0.149. The molecule has 2 aromatic rings. The quantitative estimate of drug-likeness (QED) is 0.405. The van der Waals surface area contributed by atoms with Crippen LogP contribution in [0.15, 0.2) is 54.6 Å². The lowest BCUT2D eigenvalue weighted by Gasteiger charge is -2.20. The minimum Gasteiger partial charge on any atom is -0.494 e. The van der Waals surface area contributed by atoms with Crippen molar-refractivity contribution in [1.82, 2.24) is 10.8 Å². The van der Waals surface area contributed by atoms with Gasteiger partial charge in [0.15, 0.2) is 0 Å². The second-order valence-corrected chi connectivity index (χ2v) is 5.62. The maximum Gasteiger partial charge on any atom is 0.267 e. The van der Waals surface area contributed by atoms with Crippen molar-refractivity contribution in [3.8, 4) is 5.75 Å². The predicted molar refractivity (Wildman–Crippen MR) is 98.7 cm³/mol. The van der Waals surface area contributed by atoms with Crippen molar-refractivity contribution >= 4 is 17.9 Å². The molecular formula is C20H22N2O4. The third kappa shape index (κ3) is 5.46. The van der Waals surface area contributed by atoms with Crippen molar-refractivity contribution in [1.29, 1.82) is 0 Å². The van der Waals surface area contributed by atoms with E-state index in [1.807, 2.05) is 55.5 Å². The molecule has 0 aromatic heterocycles. The Morgan fingerprint density at radius 2 is 1.88 bits per heavy atom. The molecule has 2 amide bonds. The number of rotatable bonds is 7. The summed E-state index contributed by atoms with van der Waals surface area (Å²) in [6, 6.07) is 14.7. The topological polar surface area (TPSA) is 87.7 Å². The summed E-state index contributed by atoms with van der Waals surface area (Å²) in [4.78, 5) is 22.8. The van der Waals surface area contributed by atoms with E-state index in [-0.39, 0.29) is 11.9 Å². The van der Waals surface area contributed by atoms with Crippen LogP contribution < -0.4 is 15.5 Å². The molecule has 0 bridgehead atoms. The van der Waals surface area contributed by atoms with Gasteiger partial charge in [-0.25, -0.2) is 5.48 Å². The molecule has 6 nitrogen and oxygen atoms in total. The third-order valence-corrected chi connectivity index (χ3v) is 3.65. The lowest BCUT2D eigenvalue weighted by molar-refractivity contribution is -0.124. The van der Waals surface area contributed by atoms with Crippen LogP contribution in [0.3, 0.4) is 0 Å². The number of amides is 2. The standard InChI is InChI=1S/C20H22N2O4/c1-3-26-18-10-8-16(9-11-18)20(21-14(2)23)17-6-4-5-15(13-17)7-12-19(24)22-25/h4-13,20,25H,3H2,1-2H3,(H,21,23)(H,22,24)/b12-7+. The van der Waals surface area contributed by atoms with Crippen LogP contribution in [-0.4, -0.2) is 23.6 Å². The zero-order valence-electron chi connectivity index (χ0n) is 14.7. The highest BCUT2D eigenvalue weighted by Crippen LogP contribution is 2.25. The Balaban J connectivity index is 2.33. The van der Waals surface area contributed by atoms with E-state index >= 15 is 0 Å². The fourth-order valence-electron chi connectivity index (χ4n) is 2.54.